The summed E-state index contributed by atoms with van der Waals surface area (Å²) in [5.74, 6) is 2.23. The second kappa shape index (κ2) is 9.37. The van der Waals surface area contributed by atoms with E-state index in [0.717, 1.165) is 24.0 Å². The molecule has 21 heavy (non-hydrogen) atoms. The lowest BCUT2D eigenvalue weighted by Gasteiger charge is -2.21. The lowest BCUT2D eigenvalue weighted by Crippen LogP contribution is -2.34. The summed E-state index contributed by atoms with van der Waals surface area (Å²) in [6.07, 6.45) is 7.94. The topological polar surface area (TPSA) is 21.3 Å². The molecule has 0 saturated heterocycles. The van der Waals surface area contributed by atoms with Crippen LogP contribution in [0.3, 0.4) is 0 Å². The molecular formula is C18H29NOS. The molecule has 0 bridgehead atoms. The molecule has 0 radical (unpaired) electrons. The van der Waals surface area contributed by atoms with Crippen LogP contribution in [0, 0.1) is 0 Å². The molecule has 118 valence electrons. The molecule has 1 fully saturated rings. The largest absolute Gasteiger partial charge is 0.496 e. The van der Waals surface area contributed by atoms with Crippen LogP contribution in [0.2, 0.25) is 0 Å². The van der Waals surface area contributed by atoms with E-state index in [9.17, 15) is 0 Å². The Balaban J connectivity index is 1.90. The SMILES string of the molecule is CCCNC(CSC1CCCC1)Cc1ccccc1OC. The molecule has 0 aromatic heterocycles. The van der Waals surface area contributed by atoms with Crippen LogP contribution in [-0.4, -0.2) is 30.7 Å². The number of rotatable bonds is 9. The maximum Gasteiger partial charge on any atom is 0.122 e. The van der Waals surface area contributed by atoms with Gasteiger partial charge in [-0.15, -0.1) is 0 Å². The van der Waals surface area contributed by atoms with Gasteiger partial charge in [0.25, 0.3) is 0 Å². The minimum absolute atomic E-state index is 0.548. The molecule has 1 aromatic carbocycles. The van der Waals surface area contributed by atoms with Crippen LogP contribution in [-0.2, 0) is 6.42 Å². The third-order valence-electron chi connectivity index (χ3n) is 4.18. The van der Waals surface area contributed by atoms with Crippen LogP contribution in [0.5, 0.6) is 5.75 Å². The van der Waals surface area contributed by atoms with E-state index in [1.807, 2.05) is 6.07 Å². The van der Waals surface area contributed by atoms with Crippen LogP contribution in [0.1, 0.15) is 44.6 Å². The van der Waals surface area contributed by atoms with E-state index >= 15 is 0 Å². The van der Waals surface area contributed by atoms with Crippen molar-refractivity contribution in [2.75, 3.05) is 19.4 Å². The molecule has 2 rings (SSSR count). The van der Waals surface area contributed by atoms with E-state index in [2.05, 4.69) is 42.2 Å². The predicted octanol–water partition coefficient (Wildman–Crippen LogP) is 4.28. The molecule has 0 spiro atoms. The zero-order valence-electron chi connectivity index (χ0n) is 13.4. The van der Waals surface area contributed by atoms with E-state index < -0.39 is 0 Å². The Bertz CT molecular complexity index is 404. The fraction of sp³-hybridized carbons (Fsp3) is 0.667. The third-order valence-corrected chi connectivity index (χ3v) is 5.71. The van der Waals surface area contributed by atoms with E-state index in [-0.39, 0.29) is 0 Å². The average molecular weight is 308 g/mol. The molecule has 1 atom stereocenters. The number of benzene rings is 1. The molecule has 0 heterocycles. The van der Waals surface area contributed by atoms with Crippen LogP contribution < -0.4 is 10.1 Å². The van der Waals surface area contributed by atoms with Crippen molar-refractivity contribution in [1.29, 1.82) is 0 Å². The van der Waals surface area contributed by atoms with Crippen LogP contribution in [0.25, 0.3) is 0 Å². The van der Waals surface area contributed by atoms with Crippen molar-refractivity contribution in [2.24, 2.45) is 0 Å². The van der Waals surface area contributed by atoms with Gasteiger partial charge in [0.2, 0.25) is 0 Å². The maximum atomic E-state index is 5.49. The zero-order valence-corrected chi connectivity index (χ0v) is 14.3. The fourth-order valence-corrected chi connectivity index (χ4v) is 4.39. The monoisotopic (exact) mass is 307 g/mol. The van der Waals surface area contributed by atoms with Gasteiger partial charge in [0.05, 0.1) is 7.11 Å². The molecule has 1 N–H and O–H groups in total. The van der Waals surface area contributed by atoms with Crippen LogP contribution >= 0.6 is 11.8 Å². The second-order valence-electron chi connectivity index (χ2n) is 5.91. The molecule has 1 aliphatic carbocycles. The first-order valence-corrected chi connectivity index (χ1v) is 9.35. The van der Waals surface area contributed by atoms with Crippen molar-refractivity contribution < 1.29 is 4.74 Å². The number of methoxy groups -OCH3 is 1. The Hall–Kier alpha value is -0.670. The summed E-state index contributed by atoms with van der Waals surface area (Å²) < 4.78 is 5.49. The smallest absolute Gasteiger partial charge is 0.122 e. The van der Waals surface area contributed by atoms with E-state index in [4.69, 9.17) is 4.74 Å². The molecule has 1 saturated carbocycles. The van der Waals surface area contributed by atoms with Crippen molar-refractivity contribution in [1.82, 2.24) is 5.32 Å². The zero-order chi connectivity index (χ0) is 14.9. The minimum Gasteiger partial charge on any atom is -0.496 e. The van der Waals surface area contributed by atoms with Gasteiger partial charge >= 0.3 is 0 Å². The summed E-state index contributed by atoms with van der Waals surface area (Å²) in [5, 5.41) is 4.61. The Morgan fingerprint density at radius 1 is 1.29 bits per heavy atom. The van der Waals surface area contributed by atoms with Gasteiger partial charge in [0.15, 0.2) is 0 Å². The fourth-order valence-electron chi connectivity index (χ4n) is 2.98. The van der Waals surface area contributed by atoms with E-state index in [1.165, 1.54) is 43.4 Å². The summed E-state index contributed by atoms with van der Waals surface area (Å²) in [6.45, 7) is 3.34. The Labute approximate surface area is 134 Å². The third kappa shape index (κ3) is 5.55. The summed E-state index contributed by atoms with van der Waals surface area (Å²) in [6, 6.07) is 8.96. The number of hydrogen-bond donors (Lipinski definition) is 1. The number of hydrogen-bond acceptors (Lipinski definition) is 3. The van der Waals surface area contributed by atoms with Gasteiger partial charge in [-0.1, -0.05) is 38.0 Å². The molecule has 3 heteroatoms. The Morgan fingerprint density at radius 2 is 2.05 bits per heavy atom. The summed E-state index contributed by atoms with van der Waals surface area (Å²) >= 11 is 2.17. The molecule has 1 unspecified atom stereocenters. The highest BCUT2D eigenvalue weighted by Gasteiger charge is 2.18. The molecule has 0 aliphatic heterocycles. The standard InChI is InChI=1S/C18H29NOS/c1-3-12-19-16(14-21-17-9-5-6-10-17)13-15-8-4-7-11-18(15)20-2/h4,7-8,11,16-17,19H,3,5-6,9-10,12-14H2,1-2H3. The number of ether oxygens (including phenoxy) is 1. The Kier molecular flexibility index (Phi) is 7.45. The molecule has 2 nitrogen and oxygen atoms in total. The first-order valence-electron chi connectivity index (χ1n) is 8.30. The Morgan fingerprint density at radius 3 is 2.76 bits per heavy atom. The van der Waals surface area contributed by atoms with E-state index in [1.54, 1.807) is 7.11 Å². The van der Waals surface area contributed by atoms with Gasteiger partial charge in [0.1, 0.15) is 5.75 Å². The van der Waals surface area contributed by atoms with Gasteiger partial charge in [0, 0.05) is 17.0 Å². The molecule has 1 aliphatic rings. The van der Waals surface area contributed by atoms with Crippen molar-refractivity contribution in [3.05, 3.63) is 29.8 Å². The lowest BCUT2D eigenvalue weighted by molar-refractivity contribution is 0.406. The number of para-hydroxylation sites is 1. The lowest BCUT2D eigenvalue weighted by atomic mass is 10.1. The first kappa shape index (κ1) is 16.7. The normalized spacial score (nSPS) is 17.0. The van der Waals surface area contributed by atoms with Gasteiger partial charge < -0.3 is 10.1 Å². The molecular weight excluding hydrogens is 278 g/mol. The van der Waals surface area contributed by atoms with Gasteiger partial charge in [-0.05, 0) is 43.9 Å². The second-order valence-corrected chi connectivity index (χ2v) is 7.24. The molecule has 0 amide bonds. The quantitative estimate of drug-likeness (QED) is 0.735. The van der Waals surface area contributed by atoms with Gasteiger partial charge in [-0.2, -0.15) is 11.8 Å². The van der Waals surface area contributed by atoms with Gasteiger partial charge in [-0.25, -0.2) is 0 Å². The number of nitrogens with one attached hydrogen (secondary N) is 1. The first-order chi connectivity index (χ1) is 10.3. The minimum atomic E-state index is 0.548. The van der Waals surface area contributed by atoms with Crippen molar-refractivity contribution in [3.8, 4) is 5.75 Å². The van der Waals surface area contributed by atoms with Gasteiger partial charge in [-0.3, -0.25) is 0 Å². The summed E-state index contributed by atoms with van der Waals surface area (Å²) in [7, 11) is 1.76. The summed E-state index contributed by atoms with van der Waals surface area (Å²) in [4.78, 5) is 0. The number of thioether (sulfide) groups is 1. The molecule has 1 aromatic rings. The maximum absolute atomic E-state index is 5.49. The average Bonchev–Trinajstić information content (AvgIpc) is 3.04. The predicted molar refractivity (Wildman–Crippen MR) is 93.5 cm³/mol. The van der Waals surface area contributed by atoms with Crippen molar-refractivity contribution in [3.63, 3.8) is 0 Å². The summed E-state index contributed by atoms with van der Waals surface area (Å²) in [5.41, 5.74) is 1.32. The highest BCUT2D eigenvalue weighted by atomic mass is 32.2. The van der Waals surface area contributed by atoms with Crippen LogP contribution in [0.15, 0.2) is 24.3 Å². The van der Waals surface area contributed by atoms with Crippen molar-refractivity contribution in [2.45, 2.75) is 56.7 Å². The van der Waals surface area contributed by atoms with E-state index in [0.29, 0.717) is 6.04 Å². The van der Waals surface area contributed by atoms with Crippen molar-refractivity contribution >= 4 is 11.8 Å². The highest BCUT2D eigenvalue weighted by molar-refractivity contribution is 7.99. The highest BCUT2D eigenvalue weighted by Crippen LogP contribution is 2.30. The van der Waals surface area contributed by atoms with Crippen LogP contribution in [0.4, 0.5) is 0 Å².